The summed E-state index contributed by atoms with van der Waals surface area (Å²) in [6.45, 7) is 3.70. The molecule has 0 radical (unpaired) electrons. The van der Waals surface area contributed by atoms with Gasteiger partial charge in [-0.15, -0.1) is 5.10 Å². The van der Waals surface area contributed by atoms with Gasteiger partial charge in [0, 0.05) is 33.0 Å². The van der Waals surface area contributed by atoms with Gasteiger partial charge in [0.25, 0.3) is 0 Å². The molecule has 0 spiro atoms. The summed E-state index contributed by atoms with van der Waals surface area (Å²) in [5.74, 6) is 0.700. The van der Waals surface area contributed by atoms with Crippen LogP contribution in [0.5, 0.6) is 0 Å². The summed E-state index contributed by atoms with van der Waals surface area (Å²) in [4.78, 5) is 25.3. The van der Waals surface area contributed by atoms with Gasteiger partial charge in [-0.3, -0.25) is 9.59 Å². The van der Waals surface area contributed by atoms with Crippen molar-refractivity contribution in [1.29, 1.82) is 0 Å². The molecular formula is C17H21N5O2. The second kappa shape index (κ2) is 7.25. The number of likely N-dealkylation sites (tertiary alicyclic amines) is 1. The third-order valence-electron chi connectivity index (χ3n) is 4.07. The highest BCUT2D eigenvalue weighted by Gasteiger charge is 2.20. The highest BCUT2D eigenvalue weighted by Crippen LogP contribution is 2.18. The number of nitrogens with one attached hydrogen (secondary N) is 1. The Hall–Kier alpha value is -2.70. The molecule has 0 aliphatic carbocycles. The number of Topliss-reactive ketones (excluding diaryl/α,β-unsaturated/α-hetero) is 1. The van der Waals surface area contributed by atoms with Crippen LogP contribution in [0.15, 0.2) is 30.3 Å². The van der Waals surface area contributed by atoms with Crippen LogP contribution < -0.4 is 5.32 Å². The predicted molar refractivity (Wildman–Crippen MR) is 90.3 cm³/mol. The van der Waals surface area contributed by atoms with Crippen LogP contribution >= 0.6 is 0 Å². The van der Waals surface area contributed by atoms with Crippen molar-refractivity contribution in [2.75, 3.05) is 25.0 Å². The second-order valence-electron chi connectivity index (χ2n) is 5.85. The van der Waals surface area contributed by atoms with Crippen molar-refractivity contribution in [3.8, 4) is 5.69 Å². The standard InChI is InChI=1S/C17H21N5O2/c1-13(23)16-17(18-10-6-12-21-11-5-9-15(21)24)22(20-19-16)14-7-3-2-4-8-14/h2-4,7-8,18H,5-6,9-12H2,1H3. The van der Waals surface area contributed by atoms with Crippen molar-refractivity contribution in [2.24, 2.45) is 0 Å². The molecule has 1 amide bonds. The Kier molecular flexibility index (Phi) is 4.88. The van der Waals surface area contributed by atoms with Gasteiger partial charge in [-0.25, -0.2) is 0 Å². The zero-order chi connectivity index (χ0) is 16.9. The van der Waals surface area contributed by atoms with E-state index in [1.165, 1.54) is 6.92 Å². The van der Waals surface area contributed by atoms with E-state index in [0.29, 0.717) is 24.5 Å². The predicted octanol–water partition coefficient (Wildman–Crippen LogP) is 1.89. The van der Waals surface area contributed by atoms with Gasteiger partial charge in [-0.05, 0) is 25.0 Å². The molecule has 1 aromatic carbocycles. The van der Waals surface area contributed by atoms with Crippen LogP contribution in [0.1, 0.15) is 36.7 Å². The molecule has 1 saturated heterocycles. The fourth-order valence-corrected chi connectivity index (χ4v) is 2.84. The first-order chi connectivity index (χ1) is 11.7. The van der Waals surface area contributed by atoms with Crippen LogP contribution in [0.4, 0.5) is 5.82 Å². The lowest BCUT2D eigenvalue weighted by Crippen LogP contribution is -2.27. The summed E-state index contributed by atoms with van der Waals surface area (Å²) in [7, 11) is 0. The van der Waals surface area contributed by atoms with Gasteiger partial charge in [0.2, 0.25) is 5.91 Å². The third-order valence-corrected chi connectivity index (χ3v) is 4.07. The number of hydrogen-bond donors (Lipinski definition) is 1. The largest absolute Gasteiger partial charge is 0.368 e. The van der Waals surface area contributed by atoms with Gasteiger partial charge in [-0.2, -0.15) is 4.68 Å². The molecule has 7 nitrogen and oxygen atoms in total. The minimum absolute atomic E-state index is 0.130. The number of ketones is 1. The number of aromatic nitrogens is 3. The van der Waals surface area contributed by atoms with E-state index in [2.05, 4.69) is 15.6 Å². The summed E-state index contributed by atoms with van der Waals surface area (Å²) < 4.78 is 1.64. The van der Waals surface area contributed by atoms with Crippen LogP contribution in [-0.4, -0.2) is 51.2 Å². The Morgan fingerprint density at radius 2 is 2.08 bits per heavy atom. The van der Waals surface area contributed by atoms with Gasteiger partial charge >= 0.3 is 0 Å². The summed E-state index contributed by atoms with van der Waals surface area (Å²) in [6, 6.07) is 9.56. The van der Waals surface area contributed by atoms with E-state index in [1.54, 1.807) is 4.68 Å². The summed E-state index contributed by atoms with van der Waals surface area (Å²) in [6.07, 6.45) is 2.42. The molecule has 0 bridgehead atoms. The number of amides is 1. The zero-order valence-corrected chi connectivity index (χ0v) is 13.7. The van der Waals surface area contributed by atoms with E-state index < -0.39 is 0 Å². The van der Waals surface area contributed by atoms with Gasteiger partial charge in [0.1, 0.15) is 0 Å². The van der Waals surface area contributed by atoms with E-state index >= 15 is 0 Å². The van der Waals surface area contributed by atoms with E-state index in [1.807, 2.05) is 35.2 Å². The topological polar surface area (TPSA) is 80.1 Å². The molecule has 1 fully saturated rings. The molecule has 0 saturated carbocycles. The van der Waals surface area contributed by atoms with Gasteiger partial charge < -0.3 is 10.2 Å². The maximum absolute atomic E-state index is 11.8. The minimum Gasteiger partial charge on any atom is -0.368 e. The van der Waals surface area contributed by atoms with Crippen LogP contribution in [0.2, 0.25) is 0 Å². The summed E-state index contributed by atoms with van der Waals surface area (Å²) in [5.41, 5.74) is 1.17. The molecule has 3 rings (SSSR count). The molecule has 0 atom stereocenters. The van der Waals surface area contributed by atoms with Crippen molar-refractivity contribution in [1.82, 2.24) is 19.9 Å². The first-order valence-electron chi connectivity index (χ1n) is 8.20. The second-order valence-corrected chi connectivity index (χ2v) is 5.85. The maximum atomic E-state index is 11.8. The van der Waals surface area contributed by atoms with Gasteiger partial charge in [0.05, 0.1) is 5.69 Å². The molecule has 7 heteroatoms. The Morgan fingerprint density at radius 1 is 1.29 bits per heavy atom. The van der Waals surface area contributed by atoms with E-state index in [4.69, 9.17) is 0 Å². The fraction of sp³-hybridized carbons (Fsp3) is 0.412. The van der Waals surface area contributed by atoms with E-state index in [-0.39, 0.29) is 11.7 Å². The maximum Gasteiger partial charge on any atom is 0.222 e. The number of rotatable bonds is 7. The first-order valence-corrected chi connectivity index (χ1v) is 8.20. The zero-order valence-electron chi connectivity index (χ0n) is 13.7. The summed E-state index contributed by atoms with van der Waals surface area (Å²) >= 11 is 0. The first kappa shape index (κ1) is 16.2. The van der Waals surface area contributed by atoms with Crippen molar-refractivity contribution in [3.63, 3.8) is 0 Å². The molecular weight excluding hydrogens is 306 g/mol. The quantitative estimate of drug-likeness (QED) is 0.620. The van der Waals surface area contributed by atoms with E-state index in [0.717, 1.165) is 31.6 Å². The number of para-hydroxylation sites is 1. The summed E-state index contributed by atoms with van der Waals surface area (Å²) in [5, 5.41) is 11.4. The minimum atomic E-state index is -0.130. The Morgan fingerprint density at radius 3 is 2.75 bits per heavy atom. The van der Waals surface area contributed by atoms with Crippen molar-refractivity contribution in [2.45, 2.75) is 26.2 Å². The molecule has 24 heavy (non-hydrogen) atoms. The lowest BCUT2D eigenvalue weighted by atomic mass is 10.3. The van der Waals surface area contributed by atoms with Crippen molar-refractivity contribution >= 4 is 17.5 Å². The normalized spacial score (nSPS) is 14.2. The fourth-order valence-electron chi connectivity index (χ4n) is 2.84. The van der Waals surface area contributed by atoms with Crippen molar-refractivity contribution in [3.05, 3.63) is 36.0 Å². The average Bonchev–Trinajstić information content (AvgIpc) is 3.19. The third kappa shape index (κ3) is 3.45. The van der Waals surface area contributed by atoms with Crippen LogP contribution in [0.3, 0.4) is 0 Å². The molecule has 1 aliphatic heterocycles. The number of anilines is 1. The highest BCUT2D eigenvalue weighted by atomic mass is 16.2. The number of benzene rings is 1. The van der Waals surface area contributed by atoms with Crippen LogP contribution in [0, 0.1) is 0 Å². The average molecular weight is 327 g/mol. The lowest BCUT2D eigenvalue weighted by Gasteiger charge is -2.16. The molecule has 2 aromatic rings. The number of carbonyl (C=O) groups excluding carboxylic acids is 2. The Labute approximate surface area is 140 Å². The molecule has 2 heterocycles. The monoisotopic (exact) mass is 327 g/mol. The molecule has 0 unspecified atom stereocenters. The van der Waals surface area contributed by atoms with E-state index in [9.17, 15) is 9.59 Å². The lowest BCUT2D eigenvalue weighted by molar-refractivity contribution is -0.127. The number of nitrogens with zero attached hydrogens (tertiary/aromatic N) is 4. The molecule has 1 aromatic heterocycles. The van der Waals surface area contributed by atoms with Gasteiger partial charge in [0.15, 0.2) is 17.3 Å². The number of carbonyl (C=O) groups is 2. The smallest absolute Gasteiger partial charge is 0.222 e. The molecule has 126 valence electrons. The Balaban J connectivity index is 1.68. The van der Waals surface area contributed by atoms with Gasteiger partial charge in [-0.1, -0.05) is 23.4 Å². The molecule has 1 N–H and O–H groups in total. The number of hydrogen-bond acceptors (Lipinski definition) is 5. The van der Waals surface area contributed by atoms with Crippen LogP contribution in [-0.2, 0) is 4.79 Å². The molecule has 1 aliphatic rings. The van der Waals surface area contributed by atoms with Crippen LogP contribution in [0.25, 0.3) is 5.69 Å². The van der Waals surface area contributed by atoms with Crippen molar-refractivity contribution < 1.29 is 9.59 Å². The Bertz CT molecular complexity index is 726. The SMILES string of the molecule is CC(=O)c1nnn(-c2ccccc2)c1NCCCN1CCCC1=O. The highest BCUT2D eigenvalue weighted by molar-refractivity contribution is 5.96.